The summed E-state index contributed by atoms with van der Waals surface area (Å²) in [6.45, 7) is 5.59. The number of hydrogen-bond donors (Lipinski definition) is 0. The second-order valence-electron chi connectivity index (χ2n) is 6.63. The smallest absolute Gasteiger partial charge is 0.340 e. The van der Waals surface area contributed by atoms with E-state index < -0.39 is 5.97 Å². The van der Waals surface area contributed by atoms with Crippen molar-refractivity contribution in [1.29, 1.82) is 0 Å². The van der Waals surface area contributed by atoms with Gasteiger partial charge in [-0.2, -0.15) is 0 Å². The number of carbonyl (C=O) groups excluding carboxylic acids is 2. The van der Waals surface area contributed by atoms with E-state index in [0.29, 0.717) is 21.3 Å². The van der Waals surface area contributed by atoms with Crippen LogP contribution in [0.1, 0.15) is 23.9 Å². The van der Waals surface area contributed by atoms with Crippen molar-refractivity contribution in [2.24, 2.45) is 0 Å². The fourth-order valence-electron chi connectivity index (χ4n) is 3.41. The number of amides is 1. The maximum atomic E-state index is 12.7. The molecule has 0 spiro atoms. The average molecular weight is 419 g/mol. The Balaban J connectivity index is 2.17. The van der Waals surface area contributed by atoms with Gasteiger partial charge >= 0.3 is 5.97 Å². The van der Waals surface area contributed by atoms with Crippen molar-refractivity contribution in [3.05, 3.63) is 68.1 Å². The number of nitrogens with zero attached hydrogens (tertiary/aromatic N) is 2. The summed E-state index contributed by atoms with van der Waals surface area (Å²) in [6.07, 6.45) is 1.72. The Morgan fingerprint density at radius 1 is 1.14 bits per heavy atom. The van der Waals surface area contributed by atoms with E-state index in [1.807, 2.05) is 24.5 Å². The number of benzene rings is 1. The highest BCUT2D eigenvalue weighted by Crippen LogP contribution is 2.33. The minimum absolute atomic E-state index is 0.247. The number of halogens is 2. The lowest BCUT2D eigenvalue weighted by atomic mass is 10.0. The lowest BCUT2D eigenvalue weighted by molar-refractivity contribution is -0.136. The van der Waals surface area contributed by atoms with Crippen molar-refractivity contribution in [2.75, 3.05) is 14.2 Å². The lowest BCUT2D eigenvalue weighted by Gasteiger charge is -2.12. The summed E-state index contributed by atoms with van der Waals surface area (Å²) >= 11 is 12.5. The highest BCUT2D eigenvalue weighted by molar-refractivity contribution is 6.34. The van der Waals surface area contributed by atoms with Gasteiger partial charge in [-0.3, -0.25) is 4.79 Å². The summed E-state index contributed by atoms with van der Waals surface area (Å²) in [4.78, 5) is 26.4. The van der Waals surface area contributed by atoms with Gasteiger partial charge in [0.05, 0.1) is 29.0 Å². The third kappa shape index (κ3) is 3.25. The number of esters is 1. The number of hydrogen-bond acceptors (Lipinski definition) is 3. The molecule has 2 aromatic rings. The number of likely N-dealkylation sites (N-methyl/N-ethyl adjacent to an activating group) is 1. The number of methoxy groups -OCH3 is 1. The number of ether oxygens (including phenoxy) is 1. The van der Waals surface area contributed by atoms with Gasteiger partial charge in [-0.1, -0.05) is 23.2 Å². The third-order valence-electron chi connectivity index (χ3n) is 4.98. The summed E-state index contributed by atoms with van der Waals surface area (Å²) < 4.78 is 6.84. The van der Waals surface area contributed by atoms with E-state index in [0.717, 1.165) is 22.6 Å². The van der Waals surface area contributed by atoms with E-state index in [4.69, 9.17) is 27.9 Å². The molecule has 146 valence electrons. The molecule has 0 saturated heterocycles. The molecule has 0 saturated carbocycles. The predicted molar refractivity (Wildman–Crippen MR) is 111 cm³/mol. The molecular weight excluding hydrogens is 399 g/mol. The molecule has 3 rings (SSSR count). The van der Waals surface area contributed by atoms with Gasteiger partial charge in [0.15, 0.2) is 0 Å². The molecule has 1 aromatic carbocycles. The molecule has 7 heteroatoms. The van der Waals surface area contributed by atoms with Crippen LogP contribution >= 0.6 is 23.2 Å². The Hall–Kier alpha value is -2.50. The Morgan fingerprint density at radius 2 is 1.82 bits per heavy atom. The topological polar surface area (TPSA) is 51.5 Å². The first kappa shape index (κ1) is 20.2. The van der Waals surface area contributed by atoms with Gasteiger partial charge < -0.3 is 14.2 Å². The molecule has 1 aromatic heterocycles. The van der Waals surface area contributed by atoms with Crippen LogP contribution in [0.3, 0.4) is 0 Å². The van der Waals surface area contributed by atoms with E-state index in [-0.39, 0.29) is 11.5 Å². The van der Waals surface area contributed by atoms with Gasteiger partial charge in [0.1, 0.15) is 0 Å². The molecule has 5 nitrogen and oxygen atoms in total. The van der Waals surface area contributed by atoms with Crippen LogP contribution in [0, 0.1) is 13.8 Å². The Labute approximate surface area is 173 Å². The number of allylic oxidation sites excluding steroid dienone is 1. The molecule has 1 aliphatic heterocycles. The zero-order valence-corrected chi connectivity index (χ0v) is 17.8. The van der Waals surface area contributed by atoms with Crippen LogP contribution in [0.5, 0.6) is 0 Å². The molecule has 0 bridgehead atoms. The SMILES string of the molecule is COC(=O)C1=C(C)N(C)C(=O)/C1=C\c1cc(C)n(-c2cc(Cl)ccc2Cl)c1C. The van der Waals surface area contributed by atoms with Crippen LogP contribution in [-0.2, 0) is 14.3 Å². The van der Waals surface area contributed by atoms with E-state index in [2.05, 4.69) is 0 Å². The van der Waals surface area contributed by atoms with E-state index >= 15 is 0 Å². The summed E-state index contributed by atoms with van der Waals surface area (Å²) in [5, 5.41) is 1.14. The average Bonchev–Trinajstić information content (AvgIpc) is 3.05. The second kappa shape index (κ2) is 7.49. The molecule has 0 fully saturated rings. The van der Waals surface area contributed by atoms with Crippen LogP contribution in [0.25, 0.3) is 11.8 Å². The minimum Gasteiger partial charge on any atom is -0.465 e. The highest BCUT2D eigenvalue weighted by Gasteiger charge is 2.35. The van der Waals surface area contributed by atoms with E-state index in [1.54, 1.807) is 38.2 Å². The number of carbonyl (C=O) groups is 2. The molecule has 0 aliphatic carbocycles. The maximum Gasteiger partial charge on any atom is 0.340 e. The molecule has 0 unspecified atom stereocenters. The van der Waals surface area contributed by atoms with Crippen LogP contribution in [0.4, 0.5) is 0 Å². The van der Waals surface area contributed by atoms with Crippen molar-refractivity contribution >= 4 is 41.2 Å². The van der Waals surface area contributed by atoms with Gasteiger partial charge in [0, 0.05) is 29.2 Å². The molecular formula is C21H20Cl2N2O3. The standard InChI is InChI=1S/C21H20Cl2N2O3/c1-11-8-14(12(2)25(11)18-10-15(22)6-7-17(18)23)9-16-19(21(27)28-5)13(3)24(4)20(16)26/h6-10H,1-5H3/b16-9-. The Morgan fingerprint density at radius 3 is 2.46 bits per heavy atom. The van der Waals surface area contributed by atoms with Gasteiger partial charge in [-0.15, -0.1) is 0 Å². The minimum atomic E-state index is -0.534. The normalized spacial score (nSPS) is 15.8. The molecule has 0 atom stereocenters. The van der Waals surface area contributed by atoms with Crippen molar-refractivity contribution < 1.29 is 14.3 Å². The van der Waals surface area contributed by atoms with Crippen molar-refractivity contribution in [2.45, 2.75) is 20.8 Å². The predicted octanol–water partition coefficient (Wildman–Crippen LogP) is 4.70. The van der Waals surface area contributed by atoms with Crippen LogP contribution in [-0.4, -0.2) is 35.5 Å². The van der Waals surface area contributed by atoms with Crippen LogP contribution in [0.2, 0.25) is 10.0 Å². The quantitative estimate of drug-likeness (QED) is 0.535. The first-order valence-corrected chi connectivity index (χ1v) is 9.36. The maximum absolute atomic E-state index is 12.7. The van der Waals surface area contributed by atoms with Crippen molar-refractivity contribution in [1.82, 2.24) is 9.47 Å². The number of aryl methyl sites for hydroxylation is 1. The molecule has 28 heavy (non-hydrogen) atoms. The van der Waals surface area contributed by atoms with Gasteiger partial charge in [-0.05, 0) is 56.7 Å². The van der Waals surface area contributed by atoms with Gasteiger partial charge in [0.25, 0.3) is 5.91 Å². The first-order valence-electron chi connectivity index (χ1n) is 8.61. The molecule has 0 N–H and O–H groups in total. The van der Waals surface area contributed by atoms with E-state index in [1.165, 1.54) is 12.0 Å². The molecule has 1 amide bonds. The summed E-state index contributed by atoms with van der Waals surface area (Å²) in [5.74, 6) is -0.781. The van der Waals surface area contributed by atoms with Gasteiger partial charge in [0.2, 0.25) is 0 Å². The largest absolute Gasteiger partial charge is 0.465 e. The summed E-state index contributed by atoms with van der Waals surface area (Å²) in [6, 6.07) is 7.20. The highest BCUT2D eigenvalue weighted by atomic mass is 35.5. The van der Waals surface area contributed by atoms with Crippen molar-refractivity contribution in [3.63, 3.8) is 0 Å². The molecule has 0 radical (unpaired) electrons. The van der Waals surface area contributed by atoms with Crippen LogP contribution < -0.4 is 0 Å². The fraction of sp³-hybridized carbons (Fsp3) is 0.238. The first-order chi connectivity index (χ1) is 13.2. The zero-order chi connectivity index (χ0) is 20.7. The monoisotopic (exact) mass is 418 g/mol. The molecule has 2 heterocycles. The van der Waals surface area contributed by atoms with Gasteiger partial charge in [-0.25, -0.2) is 4.79 Å². The summed E-state index contributed by atoms with van der Waals surface area (Å²) in [5.41, 5.74) is 4.51. The Kier molecular flexibility index (Phi) is 5.41. The zero-order valence-electron chi connectivity index (χ0n) is 16.3. The number of aromatic nitrogens is 1. The Bertz CT molecular complexity index is 1060. The molecule has 1 aliphatic rings. The fourth-order valence-corrected chi connectivity index (χ4v) is 3.78. The number of rotatable bonds is 3. The second-order valence-corrected chi connectivity index (χ2v) is 7.48. The van der Waals surface area contributed by atoms with E-state index in [9.17, 15) is 9.59 Å². The van der Waals surface area contributed by atoms with Crippen LogP contribution in [0.15, 0.2) is 41.1 Å². The lowest BCUT2D eigenvalue weighted by Crippen LogP contribution is -2.19. The van der Waals surface area contributed by atoms with Crippen molar-refractivity contribution in [3.8, 4) is 5.69 Å². The summed E-state index contributed by atoms with van der Waals surface area (Å²) in [7, 11) is 2.94. The third-order valence-corrected chi connectivity index (χ3v) is 5.53.